The molecule has 0 spiro atoms. The number of hydrogen-bond donors (Lipinski definition) is 1. The third kappa shape index (κ3) is 4.77. The Bertz CT molecular complexity index is 619. The topological polar surface area (TPSA) is 37.2 Å². The van der Waals surface area contributed by atoms with E-state index in [1.807, 2.05) is 70.5 Å². The number of benzene rings is 1. The molecule has 0 saturated carbocycles. The Labute approximate surface area is 128 Å². The monoisotopic (exact) mass is 298 g/mol. The van der Waals surface area contributed by atoms with Gasteiger partial charge in [-0.25, -0.2) is 4.86 Å². The maximum absolute atomic E-state index is 11.3. The van der Waals surface area contributed by atoms with Crippen molar-refractivity contribution in [2.75, 3.05) is 0 Å². The van der Waals surface area contributed by atoms with Gasteiger partial charge in [-0.3, -0.25) is 0 Å². The minimum atomic E-state index is -1.46. The highest BCUT2D eigenvalue weighted by Gasteiger charge is 2.15. The summed E-state index contributed by atoms with van der Waals surface area (Å²) in [5, 5.41) is 8.73. The molecule has 22 heavy (non-hydrogen) atoms. The summed E-state index contributed by atoms with van der Waals surface area (Å²) in [6.07, 6.45) is 8.00. The summed E-state index contributed by atoms with van der Waals surface area (Å²) in [7, 11) is -1.46. The van der Waals surface area contributed by atoms with Gasteiger partial charge in [0.2, 0.25) is 24.8 Å². The van der Waals surface area contributed by atoms with Crippen LogP contribution in [0, 0.1) is 0 Å². The van der Waals surface area contributed by atoms with Crippen LogP contribution in [-0.2, 0) is 4.86 Å². The zero-order chi connectivity index (χ0) is 15.6. The predicted octanol–water partition coefficient (Wildman–Crippen LogP) is 0.848. The third-order valence-electron chi connectivity index (χ3n) is 2.84. The SMILES string of the molecule is OB(OF)c1ccccc1.c1cc[n+](-[n+]2ccccc2)cc1. The first kappa shape index (κ1) is 15.8. The number of aromatic nitrogens is 2. The molecule has 0 atom stereocenters. The van der Waals surface area contributed by atoms with Crippen LogP contribution < -0.4 is 14.8 Å². The number of nitrogens with zero attached hydrogens (tertiary/aromatic N) is 2. The maximum atomic E-state index is 11.3. The van der Waals surface area contributed by atoms with Gasteiger partial charge in [0.1, 0.15) is 0 Å². The van der Waals surface area contributed by atoms with Crippen LogP contribution in [0.5, 0.6) is 0 Å². The Kier molecular flexibility index (Phi) is 6.23. The first-order chi connectivity index (χ1) is 10.8. The Morgan fingerprint density at radius 3 is 1.55 bits per heavy atom. The lowest BCUT2D eigenvalue weighted by Gasteiger charge is -1.97. The molecule has 3 rings (SSSR count). The number of pyridine rings is 2. The van der Waals surface area contributed by atoms with Gasteiger partial charge < -0.3 is 5.02 Å². The van der Waals surface area contributed by atoms with Gasteiger partial charge in [0.05, 0.1) is 9.35 Å². The summed E-state index contributed by atoms with van der Waals surface area (Å²) in [6.45, 7) is 0. The zero-order valence-corrected chi connectivity index (χ0v) is 11.9. The van der Waals surface area contributed by atoms with Gasteiger partial charge in [-0.15, -0.1) is 0 Å². The van der Waals surface area contributed by atoms with Gasteiger partial charge in [0, 0.05) is 24.3 Å². The Balaban J connectivity index is 0.000000164. The van der Waals surface area contributed by atoms with Crippen LogP contribution in [0.25, 0.3) is 0 Å². The van der Waals surface area contributed by atoms with Crippen molar-refractivity contribution in [2.45, 2.75) is 0 Å². The molecule has 6 heteroatoms. The fourth-order valence-corrected chi connectivity index (χ4v) is 1.76. The average Bonchev–Trinajstić information content (AvgIpc) is 2.64. The van der Waals surface area contributed by atoms with Gasteiger partial charge in [-0.05, 0) is 17.6 Å². The van der Waals surface area contributed by atoms with E-state index in [1.165, 1.54) is 0 Å². The minimum absolute atomic E-state index is 0.407. The van der Waals surface area contributed by atoms with Crippen molar-refractivity contribution in [2.24, 2.45) is 0 Å². The van der Waals surface area contributed by atoms with Crippen LogP contribution in [0.2, 0.25) is 0 Å². The van der Waals surface area contributed by atoms with Crippen molar-refractivity contribution in [3.8, 4) is 0 Å². The normalized spacial score (nSPS) is 9.55. The van der Waals surface area contributed by atoms with Crippen molar-refractivity contribution in [1.29, 1.82) is 0 Å². The molecule has 4 nitrogen and oxygen atoms in total. The molecule has 0 fully saturated rings. The molecule has 1 N–H and O–H groups in total. The minimum Gasteiger partial charge on any atom is -0.421 e. The summed E-state index contributed by atoms with van der Waals surface area (Å²) in [6, 6.07) is 20.3. The summed E-state index contributed by atoms with van der Waals surface area (Å²) < 4.78 is 15.3. The summed E-state index contributed by atoms with van der Waals surface area (Å²) in [4.78, 5) is 3.19. The fourth-order valence-electron chi connectivity index (χ4n) is 1.76. The maximum Gasteiger partial charge on any atom is 0.529 e. The molecule has 0 amide bonds. The van der Waals surface area contributed by atoms with E-state index in [4.69, 9.17) is 5.02 Å². The van der Waals surface area contributed by atoms with E-state index in [9.17, 15) is 4.53 Å². The number of hydrogen-bond acceptors (Lipinski definition) is 2. The molecule has 0 saturated heterocycles. The largest absolute Gasteiger partial charge is 0.529 e. The second-order valence-corrected chi connectivity index (χ2v) is 4.36. The van der Waals surface area contributed by atoms with Crippen molar-refractivity contribution in [3.05, 3.63) is 91.5 Å². The molecule has 110 valence electrons. The van der Waals surface area contributed by atoms with Crippen LogP contribution >= 0.6 is 0 Å². The van der Waals surface area contributed by atoms with Gasteiger partial charge in [0.15, 0.2) is 0 Å². The fraction of sp³-hybridized carbons (Fsp3) is 0. The Hall–Kier alpha value is -2.57. The molecule has 0 aliphatic carbocycles. The third-order valence-corrected chi connectivity index (χ3v) is 2.84. The Morgan fingerprint density at radius 1 is 0.727 bits per heavy atom. The van der Waals surface area contributed by atoms with Crippen molar-refractivity contribution in [1.82, 2.24) is 0 Å². The van der Waals surface area contributed by atoms with E-state index in [0.29, 0.717) is 5.46 Å². The van der Waals surface area contributed by atoms with Crippen LogP contribution in [0.4, 0.5) is 4.53 Å². The van der Waals surface area contributed by atoms with Crippen molar-refractivity contribution in [3.63, 3.8) is 0 Å². The molecular weight excluding hydrogens is 282 g/mol. The first-order valence-corrected chi connectivity index (χ1v) is 6.75. The summed E-state index contributed by atoms with van der Waals surface area (Å²) in [5.41, 5.74) is 0.407. The molecular formula is C16H16BFN2O2+2. The lowest BCUT2D eigenvalue weighted by Crippen LogP contribution is -2.65. The van der Waals surface area contributed by atoms with Crippen LogP contribution in [-0.4, -0.2) is 12.1 Å². The molecule has 0 aliphatic heterocycles. The van der Waals surface area contributed by atoms with Gasteiger partial charge in [0.25, 0.3) is 0 Å². The molecule has 0 aliphatic rings. The number of halogens is 1. The van der Waals surface area contributed by atoms with Crippen molar-refractivity contribution >= 4 is 12.6 Å². The van der Waals surface area contributed by atoms with E-state index < -0.39 is 7.12 Å². The lowest BCUT2D eigenvalue weighted by atomic mass is 9.80. The summed E-state index contributed by atoms with van der Waals surface area (Å²) >= 11 is 0. The zero-order valence-electron chi connectivity index (χ0n) is 11.9. The second-order valence-electron chi connectivity index (χ2n) is 4.36. The molecule has 0 unspecified atom stereocenters. The van der Waals surface area contributed by atoms with E-state index in [-0.39, 0.29) is 0 Å². The highest BCUT2D eigenvalue weighted by Crippen LogP contribution is 1.87. The van der Waals surface area contributed by atoms with E-state index in [0.717, 1.165) is 0 Å². The van der Waals surface area contributed by atoms with Gasteiger partial charge >= 0.3 is 7.12 Å². The molecule has 0 bridgehead atoms. The summed E-state index contributed by atoms with van der Waals surface area (Å²) in [5.74, 6) is 0. The standard InChI is InChI=1S/C10H10N2.C6H6BFO2/c1-3-7-11(8-4-1)12-9-5-2-6-10-12;8-10-7(9)6-4-2-1-3-5-6/h1-10H;1-5,9H/q+2;. The highest BCUT2D eigenvalue weighted by molar-refractivity contribution is 6.59. The van der Waals surface area contributed by atoms with Crippen LogP contribution in [0.15, 0.2) is 91.5 Å². The smallest absolute Gasteiger partial charge is 0.421 e. The average molecular weight is 298 g/mol. The van der Waals surface area contributed by atoms with Crippen LogP contribution in [0.3, 0.4) is 0 Å². The molecule has 3 aromatic rings. The Morgan fingerprint density at radius 2 is 1.14 bits per heavy atom. The van der Waals surface area contributed by atoms with E-state index in [2.05, 4.69) is 4.86 Å². The van der Waals surface area contributed by atoms with Gasteiger partial charge in [-0.2, -0.15) is 0 Å². The molecule has 0 radical (unpaired) electrons. The molecule has 1 aromatic carbocycles. The number of rotatable bonds is 3. The molecule has 2 aromatic heterocycles. The van der Waals surface area contributed by atoms with E-state index >= 15 is 0 Å². The quantitative estimate of drug-likeness (QED) is 0.575. The lowest BCUT2D eigenvalue weighted by molar-refractivity contribution is -1.30. The predicted molar refractivity (Wildman–Crippen MR) is 80.3 cm³/mol. The van der Waals surface area contributed by atoms with E-state index in [1.54, 1.807) is 30.3 Å². The first-order valence-electron chi connectivity index (χ1n) is 6.75. The highest BCUT2D eigenvalue weighted by atomic mass is 19.3. The second kappa shape index (κ2) is 8.66. The van der Waals surface area contributed by atoms with Crippen molar-refractivity contribution < 1.29 is 23.8 Å². The van der Waals surface area contributed by atoms with Gasteiger partial charge in [-0.1, -0.05) is 34.9 Å². The molecule has 2 heterocycles. The van der Waals surface area contributed by atoms with Crippen LogP contribution in [0.1, 0.15) is 0 Å².